The first-order valence-electron chi connectivity index (χ1n) is 9.26. The molecule has 1 aromatic rings. The second kappa shape index (κ2) is 13.3. The van der Waals surface area contributed by atoms with Crippen molar-refractivity contribution in [2.75, 3.05) is 32.8 Å². The Bertz CT molecular complexity index is 693. The molecule has 158 valence electrons. The Kier molecular flexibility index (Phi) is 11.0. The van der Waals surface area contributed by atoms with E-state index in [9.17, 15) is 4.79 Å². The number of rotatable bonds is 7. The minimum Gasteiger partial charge on any atom is -0.473 e. The maximum Gasteiger partial charge on any atom is 0.414 e. The van der Waals surface area contributed by atoms with E-state index in [1.54, 1.807) is 0 Å². The smallest absolute Gasteiger partial charge is 0.414 e. The van der Waals surface area contributed by atoms with Gasteiger partial charge in [0, 0.05) is 6.61 Å². The van der Waals surface area contributed by atoms with Gasteiger partial charge in [0.15, 0.2) is 0 Å². The minimum atomic E-state index is -1.82. The highest BCUT2D eigenvalue weighted by molar-refractivity contribution is 6.27. The third kappa shape index (κ3) is 10.2. The topological polar surface area (TPSA) is 137 Å². The van der Waals surface area contributed by atoms with Crippen LogP contribution in [-0.2, 0) is 30.5 Å². The van der Waals surface area contributed by atoms with Gasteiger partial charge >= 0.3 is 17.9 Å². The summed E-state index contributed by atoms with van der Waals surface area (Å²) in [6, 6.07) is 9.60. The maximum absolute atomic E-state index is 11.5. The number of hydrogen-bond donors (Lipinski definition) is 2. The fraction of sp³-hybridized carbons (Fsp3) is 0.500. The Morgan fingerprint density at radius 2 is 1.72 bits per heavy atom. The van der Waals surface area contributed by atoms with Gasteiger partial charge in [-0.25, -0.2) is 9.59 Å². The SMILES string of the molecule is CCOC(=O)CN1CCC(COCc2ccc(C#N)cc2)CC1.O=C(O)C(=O)O. The fourth-order valence-corrected chi connectivity index (χ4v) is 2.72. The van der Waals surface area contributed by atoms with Crippen molar-refractivity contribution in [1.82, 2.24) is 4.90 Å². The number of nitrogens with zero attached hydrogens (tertiary/aromatic N) is 2. The third-order valence-electron chi connectivity index (χ3n) is 4.25. The van der Waals surface area contributed by atoms with Gasteiger partial charge in [0.05, 0.1) is 31.4 Å². The summed E-state index contributed by atoms with van der Waals surface area (Å²) in [5.74, 6) is -3.24. The van der Waals surface area contributed by atoms with E-state index in [4.69, 9.17) is 34.5 Å². The summed E-state index contributed by atoms with van der Waals surface area (Å²) >= 11 is 0. The molecule has 0 amide bonds. The van der Waals surface area contributed by atoms with Gasteiger partial charge in [0.25, 0.3) is 0 Å². The highest BCUT2D eigenvalue weighted by Gasteiger charge is 2.21. The molecule has 0 aromatic heterocycles. The summed E-state index contributed by atoms with van der Waals surface area (Å²) in [4.78, 5) is 31.8. The van der Waals surface area contributed by atoms with Crippen LogP contribution < -0.4 is 0 Å². The predicted octanol–water partition coefficient (Wildman–Crippen LogP) is 1.51. The molecular formula is C20H26N2O7. The van der Waals surface area contributed by atoms with Crippen LogP contribution in [0.3, 0.4) is 0 Å². The van der Waals surface area contributed by atoms with Crippen LogP contribution in [0, 0.1) is 17.2 Å². The normalized spacial score (nSPS) is 14.2. The summed E-state index contributed by atoms with van der Waals surface area (Å²) in [7, 11) is 0. The van der Waals surface area contributed by atoms with E-state index in [2.05, 4.69) is 11.0 Å². The van der Waals surface area contributed by atoms with Crippen molar-refractivity contribution in [3.8, 4) is 6.07 Å². The number of carboxylic acids is 2. The van der Waals surface area contributed by atoms with E-state index in [0.717, 1.165) is 38.1 Å². The van der Waals surface area contributed by atoms with Crippen LogP contribution in [0.5, 0.6) is 0 Å². The number of nitriles is 1. The summed E-state index contributed by atoms with van der Waals surface area (Å²) in [6.45, 7) is 5.83. The predicted molar refractivity (Wildman–Crippen MR) is 102 cm³/mol. The zero-order valence-corrected chi connectivity index (χ0v) is 16.4. The van der Waals surface area contributed by atoms with Gasteiger partial charge in [0.1, 0.15) is 0 Å². The van der Waals surface area contributed by atoms with Crippen molar-refractivity contribution in [3.63, 3.8) is 0 Å². The molecule has 2 rings (SSSR count). The molecule has 29 heavy (non-hydrogen) atoms. The molecule has 0 unspecified atom stereocenters. The van der Waals surface area contributed by atoms with Gasteiger partial charge in [-0.15, -0.1) is 0 Å². The van der Waals surface area contributed by atoms with Crippen LogP contribution >= 0.6 is 0 Å². The molecule has 9 heteroatoms. The number of carboxylic acid groups (broad SMARTS) is 2. The Balaban J connectivity index is 0.000000612. The Hall–Kier alpha value is -2.96. The van der Waals surface area contributed by atoms with Gasteiger partial charge in [-0.1, -0.05) is 12.1 Å². The second-order valence-corrected chi connectivity index (χ2v) is 6.46. The lowest BCUT2D eigenvalue weighted by molar-refractivity contribution is -0.159. The first-order chi connectivity index (χ1) is 13.8. The van der Waals surface area contributed by atoms with Crippen molar-refractivity contribution in [2.45, 2.75) is 26.4 Å². The van der Waals surface area contributed by atoms with Gasteiger partial charge in [-0.05, 0) is 56.5 Å². The number of carbonyl (C=O) groups excluding carboxylic acids is 1. The summed E-state index contributed by atoms with van der Waals surface area (Å²) in [5.41, 5.74) is 1.76. The van der Waals surface area contributed by atoms with E-state index >= 15 is 0 Å². The van der Waals surface area contributed by atoms with E-state index < -0.39 is 11.9 Å². The molecule has 1 fully saturated rings. The zero-order chi connectivity index (χ0) is 21.6. The molecule has 0 atom stereocenters. The van der Waals surface area contributed by atoms with Crippen LogP contribution in [0.1, 0.15) is 30.9 Å². The largest absolute Gasteiger partial charge is 0.473 e. The van der Waals surface area contributed by atoms with E-state index in [-0.39, 0.29) is 5.97 Å². The van der Waals surface area contributed by atoms with Crippen molar-refractivity contribution in [3.05, 3.63) is 35.4 Å². The lowest BCUT2D eigenvalue weighted by Gasteiger charge is -2.30. The van der Waals surface area contributed by atoms with Crippen molar-refractivity contribution in [1.29, 1.82) is 5.26 Å². The average Bonchev–Trinajstić information content (AvgIpc) is 2.70. The molecule has 1 aromatic carbocycles. The van der Waals surface area contributed by atoms with Gasteiger partial charge < -0.3 is 19.7 Å². The number of piperidine rings is 1. The van der Waals surface area contributed by atoms with Crippen LogP contribution in [0.2, 0.25) is 0 Å². The molecule has 0 bridgehead atoms. The van der Waals surface area contributed by atoms with Crippen LogP contribution in [0.4, 0.5) is 0 Å². The zero-order valence-electron chi connectivity index (χ0n) is 16.4. The molecule has 9 nitrogen and oxygen atoms in total. The number of carbonyl (C=O) groups is 3. The monoisotopic (exact) mass is 406 g/mol. The van der Waals surface area contributed by atoms with Crippen molar-refractivity contribution in [2.24, 2.45) is 5.92 Å². The van der Waals surface area contributed by atoms with E-state index in [0.29, 0.717) is 31.2 Å². The third-order valence-corrected chi connectivity index (χ3v) is 4.25. The minimum absolute atomic E-state index is 0.136. The van der Waals surface area contributed by atoms with Crippen molar-refractivity contribution >= 4 is 17.9 Å². The van der Waals surface area contributed by atoms with Crippen LogP contribution in [0.25, 0.3) is 0 Å². The highest BCUT2D eigenvalue weighted by atomic mass is 16.5. The fourth-order valence-electron chi connectivity index (χ4n) is 2.72. The number of benzene rings is 1. The quantitative estimate of drug-likeness (QED) is 0.510. The lowest BCUT2D eigenvalue weighted by atomic mass is 9.98. The van der Waals surface area contributed by atoms with Crippen LogP contribution in [-0.4, -0.2) is 65.9 Å². The number of esters is 1. The van der Waals surface area contributed by atoms with Crippen molar-refractivity contribution < 1.29 is 34.1 Å². The first-order valence-corrected chi connectivity index (χ1v) is 9.26. The molecule has 1 aliphatic rings. The molecule has 1 saturated heterocycles. The summed E-state index contributed by atoms with van der Waals surface area (Å²) < 4.78 is 10.8. The van der Waals surface area contributed by atoms with Crippen LogP contribution in [0.15, 0.2) is 24.3 Å². The van der Waals surface area contributed by atoms with Gasteiger partial charge in [-0.3, -0.25) is 9.69 Å². The molecular weight excluding hydrogens is 380 g/mol. The molecule has 0 saturated carbocycles. The summed E-state index contributed by atoms with van der Waals surface area (Å²) in [5, 5.41) is 23.5. The maximum atomic E-state index is 11.5. The highest BCUT2D eigenvalue weighted by Crippen LogP contribution is 2.18. The second-order valence-electron chi connectivity index (χ2n) is 6.46. The standard InChI is InChI=1S/C18H24N2O3.C2H2O4/c1-2-23-18(21)12-20-9-7-17(8-10-20)14-22-13-16-5-3-15(11-19)4-6-16;3-1(4)2(5)6/h3-6,17H,2,7-10,12-14H2,1H3;(H,3,4)(H,5,6). The molecule has 0 aliphatic carbocycles. The number of likely N-dealkylation sites (tertiary alicyclic amines) is 1. The molecule has 1 aliphatic heterocycles. The first kappa shape index (κ1) is 24.1. The van der Waals surface area contributed by atoms with Gasteiger partial charge in [-0.2, -0.15) is 5.26 Å². The Morgan fingerprint density at radius 3 is 2.21 bits per heavy atom. The number of hydrogen-bond acceptors (Lipinski definition) is 7. The lowest BCUT2D eigenvalue weighted by Crippen LogP contribution is -2.38. The number of aliphatic carboxylic acids is 2. The van der Waals surface area contributed by atoms with E-state index in [1.807, 2.05) is 31.2 Å². The van der Waals surface area contributed by atoms with Gasteiger partial charge in [0.2, 0.25) is 0 Å². The molecule has 1 heterocycles. The summed E-state index contributed by atoms with van der Waals surface area (Å²) in [6.07, 6.45) is 2.10. The molecule has 2 N–H and O–H groups in total. The number of ether oxygens (including phenoxy) is 2. The molecule has 0 radical (unpaired) electrons. The van der Waals surface area contributed by atoms with E-state index in [1.165, 1.54) is 0 Å². The average molecular weight is 406 g/mol. The molecule has 0 spiro atoms. The Morgan fingerprint density at radius 1 is 1.14 bits per heavy atom. The Labute approximate surface area is 169 Å².